The van der Waals surface area contributed by atoms with E-state index >= 15 is 0 Å². The molecule has 0 atom stereocenters. The summed E-state index contributed by atoms with van der Waals surface area (Å²) < 4.78 is 26.1. The molecular weight excluding hydrogens is 261 g/mol. The Morgan fingerprint density at radius 2 is 1.87 bits per heavy atom. The Balaban J connectivity index is 3.40. The summed E-state index contributed by atoms with van der Waals surface area (Å²) in [5.74, 6) is -0.564. The normalized spacial score (nSPS) is 11.1. The summed E-state index contributed by atoms with van der Waals surface area (Å²) in [5.41, 5.74) is 9.95. The summed E-state index contributed by atoms with van der Waals surface area (Å²) in [4.78, 5) is -0.231. The maximum Gasteiger partial charge on any atom is 0.287 e. The molecule has 1 aromatic carbocycles. The fourth-order valence-electron chi connectivity index (χ4n) is 0.863. The molecule has 82 valence electrons. The SMILES string of the molecule is NC(N)=NS(=O)(=O)c1cc(Cl)ccc1Cl. The van der Waals surface area contributed by atoms with Crippen LogP contribution in [0, 0.1) is 0 Å². The molecule has 15 heavy (non-hydrogen) atoms. The van der Waals surface area contributed by atoms with Gasteiger partial charge < -0.3 is 11.5 Å². The zero-order valence-corrected chi connectivity index (χ0v) is 9.64. The average molecular weight is 268 g/mol. The minimum Gasteiger partial charge on any atom is -0.369 e. The summed E-state index contributed by atoms with van der Waals surface area (Å²) in [7, 11) is -3.99. The first-order chi connectivity index (χ1) is 6.83. The summed E-state index contributed by atoms with van der Waals surface area (Å²) in [6.07, 6.45) is 0. The van der Waals surface area contributed by atoms with Crippen molar-refractivity contribution in [2.45, 2.75) is 4.90 Å². The lowest BCUT2D eigenvalue weighted by Crippen LogP contribution is -2.24. The molecule has 0 spiro atoms. The maximum atomic E-state index is 11.5. The summed E-state index contributed by atoms with van der Waals surface area (Å²) in [5, 5.41) is 0.230. The van der Waals surface area contributed by atoms with Crippen LogP contribution in [-0.2, 0) is 10.0 Å². The molecule has 0 unspecified atom stereocenters. The molecule has 0 bridgehead atoms. The average Bonchev–Trinajstić information content (AvgIpc) is 2.06. The van der Waals surface area contributed by atoms with E-state index in [1.54, 1.807) is 0 Å². The van der Waals surface area contributed by atoms with Gasteiger partial charge in [-0.1, -0.05) is 23.2 Å². The second kappa shape index (κ2) is 4.26. The molecule has 0 aliphatic carbocycles. The van der Waals surface area contributed by atoms with Crippen molar-refractivity contribution < 1.29 is 8.42 Å². The van der Waals surface area contributed by atoms with E-state index in [0.29, 0.717) is 0 Å². The molecule has 5 nitrogen and oxygen atoms in total. The number of benzene rings is 1. The van der Waals surface area contributed by atoms with E-state index in [9.17, 15) is 8.42 Å². The molecule has 0 aliphatic rings. The molecule has 0 aliphatic heterocycles. The van der Waals surface area contributed by atoms with Crippen LogP contribution in [0.15, 0.2) is 27.5 Å². The van der Waals surface area contributed by atoms with Crippen LogP contribution in [0.5, 0.6) is 0 Å². The number of halogens is 2. The lowest BCUT2D eigenvalue weighted by atomic mass is 10.4. The van der Waals surface area contributed by atoms with Crippen LogP contribution in [0.1, 0.15) is 0 Å². The first-order valence-corrected chi connectivity index (χ1v) is 5.83. The van der Waals surface area contributed by atoms with E-state index in [-0.39, 0.29) is 14.9 Å². The standard InChI is InChI=1S/C7H7Cl2N3O2S/c8-4-1-2-5(9)6(3-4)15(13,14)12-7(10)11/h1-3H,(H4,10,11,12). The van der Waals surface area contributed by atoms with Crippen molar-refractivity contribution in [3.8, 4) is 0 Å². The number of sulfonamides is 1. The molecule has 0 radical (unpaired) electrons. The largest absolute Gasteiger partial charge is 0.369 e. The first-order valence-electron chi connectivity index (χ1n) is 3.64. The van der Waals surface area contributed by atoms with Crippen molar-refractivity contribution in [3.05, 3.63) is 28.2 Å². The molecule has 0 saturated carbocycles. The minimum atomic E-state index is -3.99. The van der Waals surface area contributed by atoms with Gasteiger partial charge in [0.15, 0.2) is 0 Å². The third-order valence-electron chi connectivity index (χ3n) is 1.40. The monoisotopic (exact) mass is 267 g/mol. The highest BCUT2D eigenvalue weighted by Gasteiger charge is 2.17. The van der Waals surface area contributed by atoms with E-state index < -0.39 is 16.0 Å². The fraction of sp³-hybridized carbons (Fsp3) is 0. The third-order valence-corrected chi connectivity index (χ3v) is 3.42. The molecule has 0 aromatic heterocycles. The highest BCUT2D eigenvalue weighted by Crippen LogP contribution is 2.26. The zero-order valence-electron chi connectivity index (χ0n) is 7.31. The fourth-order valence-corrected chi connectivity index (χ4v) is 2.48. The Bertz CT molecular complexity index is 509. The van der Waals surface area contributed by atoms with Gasteiger partial charge in [0, 0.05) is 5.02 Å². The molecule has 0 heterocycles. The molecule has 4 N–H and O–H groups in total. The van der Waals surface area contributed by atoms with Crippen LogP contribution in [0.2, 0.25) is 10.0 Å². The van der Waals surface area contributed by atoms with Crippen LogP contribution in [0.3, 0.4) is 0 Å². The molecule has 0 fully saturated rings. The second-order valence-electron chi connectivity index (χ2n) is 2.57. The molecule has 8 heteroatoms. The number of nitrogens with zero attached hydrogens (tertiary/aromatic N) is 1. The van der Waals surface area contributed by atoms with Crippen LogP contribution < -0.4 is 11.5 Å². The van der Waals surface area contributed by atoms with Gasteiger partial charge in [0.2, 0.25) is 5.96 Å². The predicted octanol–water partition coefficient (Wildman–Crippen LogP) is 0.956. The van der Waals surface area contributed by atoms with Gasteiger partial charge in [0.05, 0.1) is 5.02 Å². The minimum absolute atomic E-state index is 0.00407. The van der Waals surface area contributed by atoms with Gasteiger partial charge in [-0.15, -0.1) is 4.40 Å². The summed E-state index contributed by atoms with van der Waals surface area (Å²) in [6.45, 7) is 0. The van der Waals surface area contributed by atoms with Gasteiger partial charge in [-0.05, 0) is 18.2 Å². The van der Waals surface area contributed by atoms with Gasteiger partial charge in [0.25, 0.3) is 10.0 Å². The van der Waals surface area contributed by atoms with Gasteiger partial charge in [-0.2, -0.15) is 8.42 Å². The van der Waals surface area contributed by atoms with Gasteiger partial charge in [-0.25, -0.2) is 0 Å². The second-order valence-corrected chi connectivity index (χ2v) is 4.98. The number of rotatable bonds is 2. The zero-order chi connectivity index (χ0) is 11.6. The number of guanidine groups is 1. The summed E-state index contributed by atoms with van der Waals surface area (Å²) in [6, 6.07) is 3.98. The lowest BCUT2D eigenvalue weighted by Gasteiger charge is -2.02. The number of nitrogens with two attached hydrogens (primary N) is 2. The highest BCUT2D eigenvalue weighted by atomic mass is 35.5. The van der Waals surface area contributed by atoms with E-state index in [1.165, 1.54) is 18.2 Å². The maximum absolute atomic E-state index is 11.5. The van der Waals surface area contributed by atoms with Crippen LogP contribution >= 0.6 is 23.2 Å². The Labute approximate surface area is 96.7 Å². The van der Waals surface area contributed by atoms with Crippen molar-refractivity contribution in [3.63, 3.8) is 0 Å². The third kappa shape index (κ3) is 2.98. The van der Waals surface area contributed by atoms with Gasteiger partial charge >= 0.3 is 0 Å². The molecule has 0 amide bonds. The van der Waals surface area contributed by atoms with E-state index in [0.717, 1.165) is 0 Å². The van der Waals surface area contributed by atoms with Crippen molar-refractivity contribution in [1.29, 1.82) is 0 Å². The molecule has 1 aromatic rings. The van der Waals surface area contributed by atoms with E-state index in [4.69, 9.17) is 34.7 Å². The topological polar surface area (TPSA) is 98.5 Å². The first kappa shape index (κ1) is 12.1. The molecule has 1 rings (SSSR count). The van der Waals surface area contributed by atoms with Gasteiger partial charge in [0.1, 0.15) is 4.90 Å². The Morgan fingerprint density at radius 1 is 1.27 bits per heavy atom. The van der Waals surface area contributed by atoms with Crippen LogP contribution in [0.25, 0.3) is 0 Å². The summed E-state index contributed by atoms with van der Waals surface area (Å²) >= 11 is 11.3. The van der Waals surface area contributed by atoms with Crippen LogP contribution in [-0.4, -0.2) is 14.4 Å². The molecule has 0 saturated heterocycles. The number of hydrogen-bond donors (Lipinski definition) is 2. The van der Waals surface area contributed by atoms with Crippen molar-refractivity contribution in [2.75, 3.05) is 0 Å². The predicted molar refractivity (Wildman–Crippen MR) is 59.5 cm³/mol. The van der Waals surface area contributed by atoms with E-state index in [1.807, 2.05) is 0 Å². The number of hydrogen-bond acceptors (Lipinski definition) is 2. The smallest absolute Gasteiger partial charge is 0.287 e. The Kier molecular flexibility index (Phi) is 3.43. The highest BCUT2D eigenvalue weighted by molar-refractivity contribution is 7.90. The van der Waals surface area contributed by atoms with Crippen LogP contribution in [0.4, 0.5) is 0 Å². The quantitative estimate of drug-likeness (QED) is 0.616. The van der Waals surface area contributed by atoms with Crippen molar-refractivity contribution >= 4 is 39.2 Å². The Hall–Kier alpha value is -0.980. The van der Waals surface area contributed by atoms with E-state index in [2.05, 4.69) is 4.40 Å². The van der Waals surface area contributed by atoms with Crippen molar-refractivity contribution in [1.82, 2.24) is 0 Å². The Morgan fingerprint density at radius 3 is 2.40 bits per heavy atom. The van der Waals surface area contributed by atoms with Gasteiger partial charge in [-0.3, -0.25) is 0 Å². The molecular formula is C7H7Cl2N3O2S. The van der Waals surface area contributed by atoms with Crippen molar-refractivity contribution in [2.24, 2.45) is 15.9 Å². The lowest BCUT2D eigenvalue weighted by molar-refractivity contribution is 0.598.